The molecule has 1 atom stereocenters. The van der Waals surface area contributed by atoms with E-state index < -0.39 is 11.4 Å². The number of nitrogens with one attached hydrogen (secondary N) is 1. The highest BCUT2D eigenvalue weighted by Crippen LogP contribution is 2.35. The highest BCUT2D eigenvalue weighted by Gasteiger charge is 2.45. The van der Waals surface area contributed by atoms with E-state index in [1.807, 2.05) is 6.92 Å². The molecule has 6 nitrogen and oxygen atoms in total. The molecule has 0 aromatic heterocycles. The highest BCUT2D eigenvalue weighted by atomic mass is 16.5. The number of carboxylic acids is 1. The van der Waals surface area contributed by atoms with Crippen LogP contribution in [0, 0.1) is 5.41 Å². The summed E-state index contributed by atoms with van der Waals surface area (Å²) in [6.07, 6.45) is 4.93. The lowest BCUT2D eigenvalue weighted by Crippen LogP contribution is -2.42. The van der Waals surface area contributed by atoms with Gasteiger partial charge in [0, 0.05) is 33.4 Å². The molecular formula is C15H28N2O4. The van der Waals surface area contributed by atoms with Gasteiger partial charge in [0.05, 0.1) is 5.41 Å². The number of methoxy groups -OCH3 is 1. The molecule has 1 aliphatic heterocycles. The van der Waals surface area contributed by atoms with Gasteiger partial charge in [-0.1, -0.05) is 13.3 Å². The van der Waals surface area contributed by atoms with Gasteiger partial charge >= 0.3 is 12.0 Å². The zero-order valence-corrected chi connectivity index (χ0v) is 13.2. The van der Waals surface area contributed by atoms with Crippen molar-refractivity contribution in [1.82, 2.24) is 10.2 Å². The van der Waals surface area contributed by atoms with E-state index in [-0.39, 0.29) is 6.03 Å². The number of unbranched alkanes of at least 4 members (excludes halogenated alkanes) is 2. The molecule has 0 aromatic rings. The molecule has 0 radical (unpaired) electrons. The van der Waals surface area contributed by atoms with Crippen LogP contribution in [0.3, 0.4) is 0 Å². The molecule has 1 saturated heterocycles. The molecule has 2 amide bonds. The molecule has 0 aliphatic carbocycles. The number of urea groups is 1. The maximum absolute atomic E-state index is 12.0. The number of likely N-dealkylation sites (tertiary alicyclic amines) is 1. The first kappa shape index (κ1) is 17.8. The van der Waals surface area contributed by atoms with Gasteiger partial charge in [-0.05, 0) is 32.1 Å². The molecule has 2 N–H and O–H groups in total. The van der Waals surface area contributed by atoms with E-state index >= 15 is 0 Å². The molecule has 1 fully saturated rings. The number of ether oxygens (including phenoxy) is 1. The van der Waals surface area contributed by atoms with Crippen LogP contribution < -0.4 is 5.32 Å². The quantitative estimate of drug-likeness (QED) is 0.639. The van der Waals surface area contributed by atoms with E-state index in [1.54, 1.807) is 12.0 Å². The minimum atomic E-state index is -0.779. The molecule has 6 heteroatoms. The Labute approximate surface area is 126 Å². The van der Waals surface area contributed by atoms with Crippen LogP contribution in [0.2, 0.25) is 0 Å². The fraction of sp³-hybridized carbons (Fsp3) is 0.867. The van der Waals surface area contributed by atoms with Crippen molar-refractivity contribution in [3.05, 3.63) is 0 Å². The predicted molar refractivity (Wildman–Crippen MR) is 80.3 cm³/mol. The van der Waals surface area contributed by atoms with Crippen molar-refractivity contribution < 1.29 is 19.4 Å². The first-order chi connectivity index (χ1) is 10.1. The van der Waals surface area contributed by atoms with Crippen LogP contribution >= 0.6 is 0 Å². The Morgan fingerprint density at radius 3 is 2.71 bits per heavy atom. The van der Waals surface area contributed by atoms with Gasteiger partial charge in [-0.25, -0.2) is 4.79 Å². The minimum absolute atomic E-state index is 0.138. The Balaban J connectivity index is 2.31. The number of hydrogen-bond acceptors (Lipinski definition) is 3. The van der Waals surface area contributed by atoms with Gasteiger partial charge < -0.3 is 20.1 Å². The van der Waals surface area contributed by atoms with Crippen molar-refractivity contribution in [2.75, 3.05) is 33.4 Å². The second-order valence-electron chi connectivity index (χ2n) is 5.79. The smallest absolute Gasteiger partial charge is 0.317 e. The fourth-order valence-corrected chi connectivity index (χ4v) is 2.87. The Bertz CT molecular complexity index is 349. The summed E-state index contributed by atoms with van der Waals surface area (Å²) in [7, 11) is 1.68. The lowest BCUT2D eigenvalue weighted by molar-refractivity contribution is -0.148. The van der Waals surface area contributed by atoms with Crippen molar-refractivity contribution >= 4 is 12.0 Å². The molecule has 0 bridgehead atoms. The second kappa shape index (κ2) is 8.87. The molecule has 21 heavy (non-hydrogen) atoms. The molecule has 1 heterocycles. The first-order valence-corrected chi connectivity index (χ1v) is 7.81. The number of nitrogens with zero attached hydrogens (tertiary/aromatic N) is 1. The summed E-state index contributed by atoms with van der Waals surface area (Å²) in [5.41, 5.74) is -0.745. The van der Waals surface area contributed by atoms with Crippen molar-refractivity contribution in [2.45, 2.75) is 45.4 Å². The van der Waals surface area contributed by atoms with Gasteiger partial charge in [-0.3, -0.25) is 4.79 Å². The Morgan fingerprint density at radius 2 is 2.10 bits per heavy atom. The van der Waals surface area contributed by atoms with Crippen LogP contribution in [0.4, 0.5) is 4.79 Å². The highest BCUT2D eigenvalue weighted by molar-refractivity contribution is 5.79. The first-order valence-electron chi connectivity index (χ1n) is 7.81. The molecular weight excluding hydrogens is 272 g/mol. The summed E-state index contributed by atoms with van der Waals surface area (Å²) in [4.78, 5) is 25.2. The van der Waals surface area contributed by atoms with Gasteiger partial charge in [-0.2, -0.15) is 0 Å². The van der Waals surface area contributed by atoms with E-state index in [2.05, 4.69) is 5.32 Å². The zero-order chi connectivity index (χ0) is 15.7. The van der Waals surface area contributed by atoms with Crippen LogP contribution in [-0.2, 0) is 9.53 Å². The van der Waals surface area contributed by atoms with Crippen LogP contribution in [0.5, 0.6) is 0 Å². The van der Waals surface area contributed by atoms with Crippen LogP contribution in [-0.4, -0.2) is 55.4 Å². The van der Waals surface area contributed by atoms with Gasteiger partial charge in [0.2, 0.25) is 0 Å². The largest absolute Gasteiger partial charge is 0.481 e. The summed E-state index contributed by atoms with van der Waals surface area (Å²) >= 11 is 0. The fourth-order valence-electron chi connectivity index (χ4n) is 2.87. The normalized spacial score (nSPS) is 21.5. The third-order valence-electron chi connectivity index (χ3n) is 4.12. The number of carboxylic acid groups (broad SMARTS) is 1. The summed E-state index contributed by atoms with van der Waals surface area (Å²) in [5, 5.41) is 12.3. The van der Waals surface area contributed by atoms with E-state index in [4.69, 9.17) is 4.74 Å². The van der Waals surface area contributed by atoms with Crippen LogP contribution in [0.1, 0.15) is 45.4 Å². The maximum atomic E-state index is 12.0. The summed E-state index contributed by atoms with van der Waals surface area (Å²) in [6.45, 7) is 4.21. The third kappa shape index (κ3) is 5.19. The molecule has 0 spiro atoms. The monoisotopic (exact) mass is 300 g/mol. The van der Waals surface area contributed by atoms with Crippen LogP contribution in [0.15, 0.2) is 0 Å². The van der Waals surface area contributed by atoms with E-state index in [9.17, 15) is 14.7 Å². The van der Waals surface area contributed by atoms with E-state index in [0.717, 1.165) is 32.3 Å². The zero-order valence-electron chi connectivity index (χ0n) is 13.2. The average Bonchev–Trinajstić information content (AvgIpc) is 2.88. The number of aliphatic carboxylic acids is 1. The summed E-state index contributed by atoms with van der Waals surface area (Å²) < 4.78 is 4.97. The lowest BCUT2D eigenvalue weighted by Gasteiger charge is -2.24. The number of carbonyl (C=O) groups excluding carboxylic acids is 1. The van der Waals surface area contributed by atoms with Gasteiger partial charge in [0.15, 0.2) is 0 Å². The Kier molecular flexibility index (Phi) is 7.50. The molecule has 1 unspecified atom stereocenters. The number of amides is 2. The average molecular weight is 300 g/mol. The van der Waals surface area contributed by atoms with Crippen LogP contribution in [0.25, 0.3) is 0 Å². The summed E-state index contributed by atoms with van der Waals surface area (Å²) in [6, 6.07) is -0.138. The number of hydrogen-bond donors (Lipinski definition) is 2. The molecule has 122 valence electrons. The second-order valence-corrected chi connectivity index (χ2v) is 5.79. The van der Waals surface area contributed by atoms with Gasteiger partial charge in [0.1, 0.15) is 0 Å². The summed E-state index contributed by atoms with van der Waals surface area (Å²) in [5.74, 6) is -0.779. The minimum Gasteiger partial charge on any atom is -0.481 e. The van der Waals surface area contributed by atoms with Crippen molar-refractivity contribution in [1.29, 1.82) is 0 Å². The molecule has 0 aromatic carbocycles. The number of rotatable bonds is 9. The Hall–Kier alpha value is -1.30. The van der Waals surface area contributed by atoms with Gasteiger partial charge in [-0.15, -0.1) is 0 Å². The van der Waals surface area contributed by atoms with Crippen molar-refractivity contribution in [3.8, 4) is 0 Å². The molecule has 1 aliphatic rings. The maximum Gasteiger partial charge on any atom is 0.317 e. The molecule has 1 rings (SSSR count). The third-order valence-corrected chi connectivity index (χ3v) is 4.12. The standard InChI is InChI=1S/C15H28N2O4/c1-3-7-15(13(18)19)8-10-17(12-15)14(20)16-9-5-4-6-11-21-2/h3-12H2,1-2H3,(H,16,20)(H,18,19). The SMILES string of the molecule is CCCC1(C(=O)O)CCN(C(=O)NCCCCCOC)C1. The van der Waals surface area contributed by atoms with E-state index in [1.165, 1.54) is 0 Å². The lowest BCUT2D eigenvalue weighted by atomic mass is 9.83. The predicted octanol–water partition coefficient (Wildman–Crippen LogP) is 2.09. The molecule has 0 saturated carbocycles. The van der Waals surface area contributed by atoms with E-state index in [0.29, 0.717) is 32.5 Å². The van der Waals surface area contributed by atoms with Crippen molar-refractivity contribution in [2.24, 2.45) is 5.41 Å². The Morgan fingerprint density at radius 1 is 1.33 bits per heavy atom. The topological polar surface area (TPSA) is 78.9 Å². The van der Waals surface area contributed by atoms with Crippen molar-refractivity contribution in [3.63, 3.8) is 0 Å². The van der Waals surface area contributed by atoms with Gasteiger partial charge in [0.25, 0.3) is 0 Å². The number of carbonyl (C=O) groups is 2.